The summed E-state index contributed by atoms with van der Waals surface area (Å²) in [4.78, 5) is 11.7. The quantitative estimate of drug-likeness (QED) is 0.639. The fourth-order valence-electron chi connectivity index (χ4n) is 0.854. The van der Waals surface area contributed by atoms with Crippen LogP contribution in [0.1, 0.15) is 20.3 Å². The molecule has 0 saturated heterocycles. The zero-order valence-corrected chi connectivity index (χ0v) is 6.95. The van der Waals surface area contributed by atoms with Gasteiger partial charge in [0.1, 0.15) is 0 Å². The number of carbonyl (C=O) groups is 1. The van der Waals surface area contributed by atoms with Crippen LogP contribution in [0.2, 0.25) is 0 Å². The van der Waals surface area contributed by atoms with Crippen LogP contribution < -0.4 is 0 Å². The number of aliphatic hydroxyl groups is 1. The van der Waals surface area contributed by atoms with Crippen molar-refractivity contribution >= 4 is 6.09 Å². The Morgan fingerprint density at radius 2 is 2.18 bits per heavy atom. The van der Waals surface area contributed by atoms with E-state index in [2.05, 4.69) is 0 Å². The first-order valence-electron chi connectivity index (χ1n) is 3.73. The lowest BCUT2D eigenvalue weighted by molar-refractivity contribution is 0.105. The predicted octanol–water partition coefficient (Wildman–Crippen LogP) is 0.757. The molecule has 0 aromatic carbocycles. The topological polar surface area (TPSA) is 60.8 Å². The second kappa shape index (κ2) is 4.96. The average molecular weight is 161 g/mol. The molecule has 1 unspecified atom stereocenters. The Morgan fingerprint density at radius 1 is 1.64 bits per heavy atom. The van der Waals surface area contributed by atoms with E-state index in [-0.39, 0.29) is 6.54 Å². The molecular weight excluding hydrogens is 146 g/mol. The Bertz CT molecular complexity index is 125. The van der Waals surface area contributed by atoms with E-state index in [9.17, 15) is 4.79 Å². The van der Waals surface area contributed by atoms with Gasteiger partial charge < -0.3 is 15.1 Å². The first-order chi connectivity index (χ1) is 5.07. The van der Waals surface area contributed by atoms with Crippen molar-refractivity contribution in [1.29, 1.82) is 0 Å². The van der Waals surface area contributed by atoms with Crippen molar-refractivity contribution in [2.24, 2.45) is 0 Å². The largest absolute Gasteiger partial charge is 0.465 e. The normalized spacial score (nSPS) is 12.6. The molecule has 0 heterocycles. The SMILES string of the molecule is CCCN(CC(C)O)C(=O)O. The molecule has 4 heteroatoms. The third-order valence-corrected chi connectivity index (χ3v) is 1.25. The molecule has 4 nitrogen and oxygen atoms in total. The highest BCUT2D eigenvalue weighted by Gasteiger charge is 2.11. The second-order valence-corrected chi connectivity index (χ2v) is 2.58. The minimum absolute atomic E-state index is 0.198. The van der Waals surface area contributed by atoms with Gasteiger partial charge in [0, 0.05) is 13.1 Å². The van der Waals surface area contributed by atoms with Crippen LogP contribution in [0, 0.1) is 0 Å². The van der Waals surface area contributed by atoms with Crippen LogP contribution >= 0.6 is 0 Å². The van der Waals surface area contributed by atoms with Crippen LogP contribution in [0.15, 0.2) is 0 Å². The molecule has 0 aromatic heterocycles. The zero-order valence-electron chi connectivity index (χ0n) is 6.95. The van der Waals surface area contributed by atoms with E-state index in [0.717, 1.165) is 6.42 Å². The highest BCUT2D eigenvalue weighted by Crippen LogP contribution is 1.94. The molecule has 0 aliphatic rings. The molecular formula is C7H15NO3. The minimum Gasteiger partial charge on any atom is -0.465 e. The Balaban J connectivity index is 3.79. The number of carboxylic acid groups (broad SMARTS) is 1. The van der Waals surface area contributed by atoms with Gasteiger partial charge in [0.05, 0.1) is 6.10 Å². The fraction of sp³-hybridized carbons (Fsp3) is 0.857. The summed E-state index contributed by atoms with van der Waals surface area (Å²) in [5.41, 5.74) is 0. The van der Waals surface area contributed by atoms with Crippen LogP contribution in [0.4, 0.5) is 4.79 Å². The fourth-order valence-corrected chi connectivity index (χ4v) is 0.854. The van der Waals surface area contributed by atoms with E-state index in [4.69, 9.17) is 10.2 Å². The van der Waals surface area contributed by atoms with Crippen molar-refractivity contribution in [1.82, 2.24) is 4.90 Å². The van der Waals surface area contributed by atoms with Crippen LogP contribution in [-0.4, -0.2) is 40.4 Å². The molecule has 0 aliphatic carbocycles. The molecule has 0 bridgehead atoms. The summed E-state index contributed by atoms with van der Waals surface area (Å²) in [7, 11) is 0. The minimum atomic E-state index is -0.965. The molecule has 0 radical (unpaired) electrons. The highest BCUT2D eigenvalue weighted by atomic mass is 16.4. The first-order valence-corrected chi connectivity index (χ1v) is 3.73. The Morgan fingerprint density at radius 3 is 2.45 bits per heavy atom. The summed E-state index contributed by atoms with van der Waals surface area (Å²) in [6, 6.07) is 0. The Hall–Kier alpha value is -0.770. The zero-order chi connectivity index (χ0) is 8.85. The summed E-state index contributed by atoms with van der Waals surface area (Å²) in [5, 5.41) is 17.5. The molecule has 1 atom stereocenters. The highest BCUT2D eigenvalue weighted by molar-refractivity contribution is 5.64. The van der Waals surface area contributed by atoms with E-state index >= 15 is 0 Å². The number of aliphatic hydroxyl groups excluding tert-OH is 1. The second-order valence-electron chi connectivity index (χ2n) is 2.58. The molecule has 0 spiro atoms. The molecule has 0 rings (SSSR count). The smallest absolute Gasteiger partial charge is 0.407 e. The van der Waals surface area contributed by atoms with Gasteiger partial charge in [0.15, 0.2) is 0 Å². The maximum absolute atomic E-state index is 10.4. The van der Waals surface area contributed by atoms with Crippen LogP contribution in [-0.2, 0) is 0 Å². The monoisotopic (exact) mass is 161 g/mol. The molecule has 0 fully saturated rings. The van der Waals surface area contributed by atoms with Crippen LogP contribution in [0.3, 0.4) is 0 Å². The molecule has 0 aromatic rings. The third kappa shape index (κ3) is 4.61. The van der Waals surface area contributed by atoms with E-state index < -0.39 is 12.2 Å². The predicted molar refractivity (Wildman–Crippen MR) is 41.6 cm³/mol. The summed E-state index contributed by atoms with van der Waals surface area (Å²) in [6.07, 6.45) is -0.774. The number of hydrogen-bond donors (Lipinski definition) is 2. The van der Waals surface area contributed by atoms with Crippen molar-refractivity contribution < 1.29 is 15.0 Å². The summed E-state index contributed by atoms with van der Waals surface area (Å²) in [5.74, 6) is 0. The van der Waals surface area contributed by atoms with E-state index in [1.807, 2.05) is 6.92 Å². The van der Waals surface area contributed by atoms with Crippen LogP contribution in [0.5, 0.6) is 0 Å². The third-order valence-electron chi connectivity index (χ3n) is 1.25. The molecule has 0 aliphatic heterocycles. The Kier molecular flexibility index (Phi) is 4.61. The molecule has 2 N–H and O–H groups in total. The molecule has 0 saturated carbocycles. The number of hydrogen-bond acceptors (Lipinski definition) is 2. The summed E-state index contributed by atoms with van der Waals surface area (Å²) in [6.45, 7) is 4.16. The van der Waals surface area contributed by atoms with E-state index in [1.54, 1.807) is 6.92 Å². The van der Waals surface area contributed by atoms with Gasteiger partial charge >= 0.3 is 6.09 Å². The number of rotatable bonds is 4. The number of amides is 1. The molecule has 11 heavy (non-hydrogen) atoms. The maximum Gasteiger partial charge on any atom is 0.407 e. The average Bonchev–Trinajstić information content (AvgIpc) is 1.86. The van der Waals surface area contributed by atoms with Crippen LogP contribution in [0.25, 0.3) is 0 Å². The summed E-state index contributed by atoms with van der Waals surface area (Å²) < 4.78 is 0. The van der Waals surface area contributed by atoms with E-state index in [0.29, 0.717) is 6.54 Å². The van der Waals surface area contributed by atoms with Gasteiger partial charge in [0.2, 0.25) is 0 Å². The molecule has 66 valence electrons. The summed E-state index contributed by atoms with van der Waals surface area (Å²) >= 11 is 0. The van der Waals surface area contributed by atoms with Crippen molar-refractivity contribution in [2.75, 3.05) is 13.1 Å². The standard InChI is InChI=1S/C7H15NO3/c1-3-4-8(7(10)11)5-6(2)9/h6,9H,3-5H2,1-2H3,(H,10,11). The lowest BCUT2D eigenvalue weighted by atomic mass is 10.3. The lowest BCUT2D eigenvalue weighted by Gasteiger charge is -2.19. The van der Waals surface area contributed by atoms with Crippen molar-refractivity contribution in [2.45, 2.75) is 26.4 Å². The van der Waals surface area contributed by atoms with E-state index in [1.165, 1.54) is 4.90 Å². The van der Waals surface area contributed by atoms with Crippen molar-refractivity contribution in [3.8, 4) is 0 Å². The van der Waals surface area contributed by atoms with Gasteiger partial charge in [-0.15, -0.1) is 0 Å². The van der Waals surface area contributed by atoms with Gasteiger partial charge in [-0.25, -0.2) is 4.79 Å². The molecule has 1 amide bonds. The lowest BCUT2D eigenvalue weighted by Crippen LogP contribution is -2.35. The first kappa shape index (κ1) is 10.2. The van der Waals surface area contributed by atoms with Gasteiger partial charge in [-0.3, -0.25) is 0 Å². The van der Waals surface area contributed by atoms with Gasteiger partial charge in [-0.1, -0.05) is 6.92 Å². The van der Waals surface area contributed by atoms with Crippen molar-refractivity contribution in [3.63, 3.8) is 0 Å². The van der Waals surface area contributed by atoms with Gasteiger partial charge in [-0.05, 0) is 13.3 Å². The maximum atomic E-state index is 10.4. The Labute approximate surface area is 66.4 Å². The van der Waals surface area contributed by atoms with Gasteiger partial charge in [-0.2, -0.15) is 0 Å². The van der Waals surface area contributed by atoms with Gasteiger partial charge in [0.25, 0.3) is 0 Å². The number of nitrogens with zero attached hydrogens (tertiary/aromatic N) is 1. The van der Waals surface area contributed by atoms with Crippen molar-refractivity contribution in [3.05, 3.63) is 0 Å².